The van der Waals surface area contributed by atoms with Crippen LogP contribution in [0.15, 0.2) is 22.7 Å². The molecule has 1 fully saturated rings. The van der Waals surface area contributed by atoms with Crippen LogP contribution in [0.25, 0.3) is 5.69 Å². The van der Waals surface area contributed by atoms with E-state index in [-0.39, 0.29) is 0 Å². The number of hydrogen-bond donors (Lipinski definition) is 1. The molecule has 0 spiro atoms. The summed E-state index contributed by atoms with van der Waals surface area (Å²) in [4.78, 5) is 0. The Balaban J connectivity index is 1.88. The molecule has 1 N–H and O–H groups in total. The van der Waals surface area contributed by atoms with Crippen LogP contribution in [0, 0.1) is 13.8 Å². The van der Waals surface area contributed by atoms with Gasteiger partial charge in [-0.1, -0.05) is 13.0 Å². The third-order valence-electron chi connectivity index (χ3n) is 4.21. The summed E-state index contributed by atoms with van der Waals surface area (Å²) in [5, 5.41) is 8.25. The van der Waals surface area contributed by atoms with Gasteiger partial charge in [-0.3, -0.25) is 0 Å². The molecule has 0 unspecified atom stereocenters. The van der Waals surface area contributed by atoms with Crippen LogP contribution in [0.2, 0.25) is 0 Å². The Morgan fingerprint density at radius 3 is 2.67 bits per heavy atom. The fraction of sp³-hybridized carbons (Fsp3) is 0.471. The predicted molar refractivity (Wildman–Crippen MR) is 90.0 cm³/mol. The van der Waals surface area contributed by atoms with Crippen LogP contribution >= 0.6 is 15.9 Å². The highest BCUT2D eigenvalue weighted by Crippen LogP contribution is 2.26. The molecule has 3 rings (SSSR count). The number of nitrogens with one attached hydrogen (secondary N) is 1. The molecule has 0 bridgehead atoms. The van der Waals surface area contributed by atoms with Crippen molar-refractivity contribution in [1.82, 2.24) is 15.1 Å². The minimum Gasteiger partial charge on any atom is -0.310 e. The lowest BCUT2D eigenvalue weighted by molar-refractivity contribution is 0.687. The number of aromatic nitrogens is 2. The summed E-state index contributed by atoms with van der Waals surface area (Å²) >= 11 is 3.71. The second-order valence-electron chi connectivity index (χ2n) is 5.86. The van der Waals surface area contributed by atoms with Crippen LogP contribution in [-0.4, -0.2) is 15.8 Å². The normalized spacial score (nSPS) is 14.7. The maximum atomic E-state index is 4.70. The first kappa shape index (κ1) is 14.8. The zero-order valence-corrected chi connectivity index (χ0v) is 14.5. The van der Waals surface area contributed by atoms with Gasteiger partial charge >= 0.3 is 0 Å². The van der Waals surface area contributed by atoms with Gasteiger partial charge in [0.1, 0.15) is 0 Å². The lowest BCUT2D eigenvalue weighted by Gasteiger charge is -2.10. The fourth-order valence-corrected chi connectivity index (χ4v) is 3.40. The van der Waals surface area contributed by atoms with E-state index in [0.717, 1.165) is 34.9 Å². The van der Waals surface area contributed by atoms with E-state index in [4.69, 9.17) is 5.10 Å². The van der Waals surface area contributed by atoms with Gasteiger partial charge in [0.25, 0.3) is 0 Å². The molecular weight excluding hydrogens is 326 g/mol. The highest BCUT2D eigenvalue weighted by Gasteiger charge is 2.20. The zero-order chi connectivity index (χ0) is 15.0. The molecule has 1 aliphatic rings. The van der Waals surface area contributed by atoms with Crippen molar-refractivity contribution in [2.24, 2.45) is 0 Å². The van der Waals surface area contributed by atoms with Gasteiger partial charge in [0.05, 0.1) is 11.4 Å². The van der Waals surface area contributed by atoms with Crippen LogP contribution in [0.1, 0.15) is 42.3 Å². The van der Waals surface area contributed by atoms with E-state index in [1.54, 1.807) is 0 Å². The summed E-state index contributed by atoms with van der Waals surface area (Å²) < 4.78 is 3.15. The van der Waals surface area contributed by atoms with Gasteiger partial charge in [-0.05, 0) is 72.3 Å². The number of rotatable bonds is 5. The summed E-state index contributed by atoms with van der Waals surface area (Å²) in [7, 11) is 0. The molecule has 0 saturated heterocycles. The van der Waals surface area contributed by atoms with Crippen molar-refractivity contribution in [2.45, 2.75) is 52.6 Å². The van der Waals surface area contributed by atoms with E-state index in [1.807, 2.05) is 0 Å². The monoisotopic (exact) mass is 347 g/mol. The molecule has 0 radical (unpaired) electrons. The molecule has 21 heavy (non-hydrogen) atoms. The minimum absolute atomic E-state index is 0.742. The Hall–Kier alpha value is -1.13. The third-order valence-corrected chi connectivity index (χ3v) is 4.84. The van der Waals surface area contributed by atoms with Crippen molar-refractivity contribution >= 4 is 15.9 Å². The summed E-state index contributed by atoms with van der Waals surface area (Å²) in [6, 6.07) is 7.29. The van der Waals surface area contributed by atoms with Gasteiger partial charge in [-0.25, -0.2) is 4.68 Å². The smallest absolute Gasteiger partial charge is 0.0791 e. The predicted octanol–water partition coefficient (Wildman–Crippen LogP) is 4.07. The van der Waals surface area contributed by atoms with Gasteiger partial charge in [0.15, 0.2) is 0 Å². The van der Waals surface area contributed by atoms with Crippen molar-refractivity contribution in [1.29, 1.82) is 0 Å². The maximum Gasteiger partial charge on any atom is 0.0791 e. The first-order valence-electron chi connectivity index (χ1n) is 7.67. The Bertz CT molecular complexity index is 656. The van der Waals surface area contributed by atoms with Crippen LogP contribution in [0.4, 0.5) is 0 Å². The molecule has 1 saturated carbocycles. The highest BCUT2D eigenvalue weighted by molar-refractivity contribution is 9.10. The van der Waals surface area contributed by atoms with Crippen molar-refractivity contribution in [2.75, 3.05) is 0 Å². The SMILES string of the molecule is CCc1c(C)nn(-c2ccc(CNC3CC3)cc2Br)c1C. The lowest BCUT2D eigenvalue weighted by atomic mass is 10.1. The van der Waals surface area contributed by atoms with Gasteiger partial charge in [0.2, 0.25) is 0 Å². The van der Waals surface area contributed by atoms with Crippen molar-refractivity contribution < 1.29 is 0 Å². The van der Waals surface area contributed by atoms with Gasteiger partial charge < -0.3 is 5.32 Å². The molecule has 1 aromatic carbocycles. The second kappa shape index (κ2) is 5.93. The molecular formula is C17H22BrN3. The third kappa shape index (κ3) is 3.06. The van der Waals surface area contributed by atoms with E-state index >= 15 is 0 Å². The highest BCUT2D eigenvalue weighted by atomic mass is 79.9. The lowest BCUT2D eigenvalue weighted by Crippen LogP contribution is -2.15. The molecule has 112 valence electrons. The van der Waals surface area contributed by atoms with Crippen LogP contribution in [0.3, 0.4) is 0 Å². The molecule has 0 atom stereocenters. The maximum absolute atomic E-state index is 4.70. The number of benzene rings is 1. The zero-order valence-electron chi connectivity index (χ0n) is 12.9. The number of halogens is 1. The van der Waals surface area contributed by atoms with Crippen molar-refractivity contribution in [3.8, 4) is 5.69 Å². The molecule has 2 aromatic rings. The van der Waals surface area contributed by atoms with E-state index in [9.17, 15) is 0 Å². The quantitative estimate of drug-likeness (QED) is 0.883. The number of aryl methyl sites for hydroxylation is 1. The summed E-state index contributed by atoms with van der Waals surface area (Å²) in [6.45, 7) is 7.36. The summed E-state index contributed by atoms with van der Waals surface area (Å²) in [5.41, 5.74) is 6.14. The van der Waals surface area contributed by atoms with E-state index in [1.165, 1.54) is 29.7 Å². The van der Waals surface area contributed by atoms with E-state index in [0.29, 0.717) is 0 Å². The van der Waals surface area contributed by atoms with Crippen molar-refractivity contribution in [3.63, 3.8) is 0 Å². The van der Waals surface area contributed by atoms with Crippen LogP contribution in [0.5, 0.6) is 0 Å². The Morgan fingerprint density at radius 2 is 2.10 bits per heavy atom. The summed E-state index contributed by atoms with van der Waals surface area (Å²) in [5.74, 6) is 0. The average Bonchev–Trinajstić information content (AvgIpc) is 3.23. The number of hydrogen-bond acceptors (Lipinski definition) is 2. The largest absolute Gasteiger partial charge is 0.310 e. The Kier molecular flexibility index (Phi) is 4.18. The molecule has 3 nitrogen and oxygen atoms in total. The van der Waals surface area contributed by atoms with Crippen LogP contribution < -0.4 is 5.32 Å². The Labute approximate surface area is 134 Å². The average molecular weight is 348 g/mol. The van der Waals surface area contributed by atoms with Gasteiger partial charge in [0, 0.05) is 22.8 Å². The molecule has 0 amide bonds. The van der Waals surface area contributed by atoms with Gasteiger partial charge in [-0.15, -0.1) is 0 Å². The molecule has 1 aromatic heterocycles. The first-order valence-corrected chi connectivity index (χ1v) is 8.46. The molecule has 0 aliphatic heterocycles. The Morgan fingerprint density at radius 1 is 1.33 bits per heavy atom. The minimum atomic E-state index is 0.742. The van der Waals surface area contributed by atoms with E-state index in [2.05, 4.69) is 64.9 Å². The molecule has 4 heteroatoms. The van der Waals surface area contributed by atoms with Crippen LogP contribution in [-0.2, 0) is 13.0 Å². The fourth-order valence-electron chi connectivity index (χ4n) is 2.80. The molecule has 1 heterocycles. The number of nitrogens with zero attached hydrogens (tertiary/aromatic N) is 2. The van der Waals surface area contributed by atoms with E-state index < -0.39 is 0 Å². The summed E-state index contributed by atoms with van der Waals surface area (Å²) in [6.07, 6.45) is 3.67. The first-order chi connectivity index (χ1) is 10.1. The van der Waals surface area contributed by atoms with Gasteiger partial charge in [-0.2, -0.15) is 5.10 Å². The topological polar surface area (TPSA) is 29.9 Å². The standard InChI is InChI=1S/C17H22BrN3/c1-4-15-11(2)20-21(12(15)3)17-8-5-13(9-16(17)18)10-19-14-6-7-14/h5,8-9,14,19H,4,6-7,10H2,1-3H3. The molecule has 1 aliphatic carbocycles. The second-order valence-corrected chi connectivity index (χ2v) is 6.71. The van der Waals surface area contributed by atoms with Crippen molar-refractivity contribution in [3.05, 3.63) is 45.2 Å².